The summed E-state index contributed by atoms with van der Waals surface area (Å²) in [5.74, 6) is -0.975. The van der Waals surface area contributed by atoms with Crippen molar-refractivity contribution in [2.45, 2.75) is 50.2 Å². The maximum atomic E-state index is 13.4. The maximum Gasteiger partial charge on any atom is 0.407 e. The second-order valence-electron chi connectivity index (χ2n) is 12.6. The number of Topliss-reactive ketones (excluding diaryl/α,β-unsaturated/α-hetero) is 1. The highest BCUT2D eigenvalue weighted by Gasteiger charge is 2.35. The smallest absolute Gasteiger partial charge is 0.407 e. The van der Waals surface area contributed by atoms with E-state index in [0.29, 0.717) is 68.9 Å². The van der Waals surface area contributed by atoms with Gasteiger partial charge in [-0.1, -0.05) is 19.9 Å². The van der Waals surface area contributed by atoms with E-state index >= 15 is 0 Å². The molecule has 15 nitrogen and oxygen atoms in total. The quantitative estimate of drug-likeness (QED) is 0.251. The molecule has 3 aromatic rings. The van der Waals surface area contributed by atoms with Gasteiger partial charge in [-0.05, 0) is 61.6 Å². The number of fused-ring (bicyclic) bond motifs is 1. The van der Waals surface area contributed by atoms with Crippen molar-refractivity contribution in [2.75, 3.05) is 52.4 Å². The van der Waals surface area contributed by atoms with Gasteiger partial charge in [0.25, 0.3) is 15.9 Å². The van der Waals surface area contributed by atoms with Crippen LogP contribution in [0.3, 0.4) is 0 Å². The molecule has 1 aromatic carbocycles. The van der Waals surface area contributed by atoms with Gasteiger partial charge in [-0.3, -0.25) is 19.3 Å². The Balaban J connectivity index is 1.17. The molecule has 2 atom stereocenters. The SMILES string of the molecule is CC(C)C[C@H](NC(=O)c1cc2cc(OCCN3CCN(C(=O)O)CC3)ccc2o1)C(=O)NC1CCCN(S(=O)(=O)c2ccccn2)CC1=O. The number of rotatable bonds is 12. The van der Waals surface area contributed by atoms with Gasteiger partial charge in [0.2, 0.25) is 5.91 Å². The van der Waals surface area contributed by atoms with Gasteiger partial charge < -0.3 is 29.8 Å². The van der Waals surface area contributed by atoms with Crippen molar-refractivity contribution < 1.29 is 41.9 Å². The zero-order chi connectivity index (χ0) is 35.1. The molecule has 2 aromatic heterocycles. The molecule has 1 unspecified atom stereocenters. The minimum atomic E-state index is -3.98. The maximum absolute atomic E-state index is 13.4. The van der Waals surface area contributed by atoms with Crippen LogP contribution in [0.2, 0.25) is 0 Å². The molecule has 4 heterocycles. The molecule has 16 heteroatoms. The van der Waals surface area contributed by atoms with E-state index in [2.05, 4.69) is 20.5 Å². The van der Waals surface area contributed by atoms with Crippen LogP contribution < -0.4 is 15.4 Å². The molecule has 2 aliphatic heterocycles. The highest BCUT2D eigenvalue weighted by atomic mass is 32.2. The fourth-order valence-electron chi connectivity index (χ4n) is 5.87. The molecule has 49 heavy (non-hydrogen) atoms. The van der Waals surface area contributed by atoms with E-state index in [0.717, 1.165) is 4.31 Å². The Hall–Kier alpha value is -4.54. The second kappa shape index (κ2) is 15.8. The Kier molecular flexibility index (Phi) is 11.5. The van der Waals surface area contributed by atoms with E-state index in [1.807, 2.05) is 13.8 Å². The average molecular weight is 699 g/mol. The van der Waals surface area contributed by atoms with E-state index < -0.39 is 52.3 Å². The molecular weight excluding hydrogens is 656 g/mol. The summed E-state index contributed by atoms with van der Waals surface area (Å²) in [5.41, 5.74) is 0.460. The summed E-state index contributed by atoms with van der Waals surface area (Å²) in [7, 11) is -3.98. The van der Waals surface area contributed by atoms with E-state index in [9.17, 15) is 27.6 Å². The number of nitrogens with zero attached hydrogens (tertiary/aromatic N) is 4. The van der Waals surface area contributed by atoms with Gasteiger partial charge in [-0.25, -0.2) is 18.2 Å². The van der Waals surface area contributed by atoms with Crippen molar-refractivity contribution in [3.05, 3.63) is 54.4 Å². The molecule has 0 bridgehead atoms. The first-order chi connectivity index (χ1) is 23.4. The first kappa shape index (κ1) is 35.8. The number of carbonyl (C=O) groups excluding carboxylic acids is 3. The molecule has 0 aliphatic carbocycles. The number of nitrogens with one attached hydrogen (secondary N) is 2. The average Bonchev–Trinajstić information content (AvgIpc) is 3.42. The summed E-state index contributed by atoms with van der Waals surface area (Å²) < 4.78 is 38.9. The fourth-order valence-corrected chi connectivity index (χ4v) is 7.24. The van der Waals surface area contributed by atoms with Crippen LogP contribution in [0.1, 0.15) is 43.7 Å². The van der Waals surface area contributed by atoms with Gasteiger partial charge >= 0.3 is 6.09 Å². The van der Waals surface area contributed by atoms with Crippen molar-refractivity contribution in [1.29, 1.82) is 0 Å². The van der Waals surface area contributed by atoms with Crippen LogP contribution in [0.4, 0.5) is 4.79 Å². The standard InChI is InChI=1S/C33H42N6O9S/c1-22(2)18-26(31(41)35-25-6-5-11-39(21-27(25)40)49(45,46)30-7-3-4-10-34-30)36-32(42)29-20-23-19-24(8-9-28(23)48-29)47-17-16-37-12-14-38(15-13-37)33(43)44/h3-4,7-10,19-20,22,25-26H,5-6,11-18,21H2,1-2H3,(H,35,41)(H,36,42)(H,43,44)/t25?,26-/m0/s1. The number of ketones is 1. The highest BCUT2D eigenvalue weighted by Crippen LogP contribution is 2.25. The minimum absolute atomic E-state index is 0.00548. The second-order valence-corrected chi connectivity index (χ2v) is 14.5. The Morgan fingerprint density at radius 3 is 2.55 bits per heavy atom. The Bertz CT molecular complexity index is 1760. The number of carboxylic acid groups (broad SMARTS) is 1. The molecule has 2 aliphatic rings. The lowest BCUT2D eigenvalue weighted by molar-refractivity contribution is -0.129. The molecule has 2 fully saturated rings. The highest BCUT2D eigenvalue weighted by molar-refractivity contribution is 7.89. The predicted molar refractivity (Wildman–Crippen MR) is 178 cm³/mol. The number of carbonyl (C=O) groups is 4. The van der Waals surface area contributed by atoms with Crippen molar-refractivity contribution in [3.63, 3.8) is 0 Å². The molecule has 5 rings (SSSR count). The third-order valence-corrected chi connectivity index (χ3v) is 10.3. The van der Waals surface area contributed by atoms with Crippen LogP contribution in [0.5, 0.6) is 5.75 Å². The van der Waals surface area contributed by atoms with Crippen LogP contribution in [-0.2, 0) is 19.6 Å². The van der Waals surface area contributed by atoms with E-state index in [4.69, 9.17) is 14.3 Å². The van der Waals surface area contributed by atoms with Crippen molar-refractivity contribution in [3.8, 4) is 5.75 Å². The fraction of sp³-hybridized carbons (Fsp3) is 0.485. The van der Waals surface area contributed by atoms with Gasteiger partial charge in [0.15, 0.2) is 16.6 Å². The van der Waals surface area contributed by atoms with E-state index in [-0.39, 0.29) is 29.7 Å². The Morgan fingerprint density at radius 2 is 1.86 bits per heavy atom. The van der Waals surface area contributed by atoms with Crippen LogP contribution in [-0.4, -0.2) is 121 Å². The third kappa shape index (κ3) is 9.13. The molecule has 3 N–H and O–H groups in total. The Morgan fingerprint density at radius 1 is 1.08 bits per heavy atom. The summed E-state index contributed by atoms with van der Waals surface area (Å²) in [6.45, 7) is 6.73. The van der Waals surface area contributed by atoms with Crippen molar-refractivity contribution >= 4 is 44.7 Å². The summed E-state index contributed by atoms with van der Waals surface area (Å²) in [5, 5.41) is 15.1. The van der Waals surface area contributed by atoms with Crippen LogP contribution in [0.15, 0.2) is 58.1 Å². The first-order valence-corrected chi connectivity index (χ1v) is 17.8. The predicted octanol–water partition coefficient (Wildman–Crippen LogP) is 2.19. The molecule has 3 amide bonds. The number of piperazine rings is 1. The zero-order valence-corrected chi connectivity index (χ0v) is 28.4. The monoisotopic (exact) mass is 698 g/mol. The van der Waals surface area contributed by atoms with Gasteiger partial charge in [0, 0.05) is 50.9 Å². The lowest BCUT2D eigenvalue weighted by atomic mass is 10.0. The number of furan rings is 1. The van der Waals surface area contributed by atoms with Crippen LogP contribution >= 0.6 is 0 Å². The minimum Gasteiger partial charge on any atom is -0.492 e. The lowest BCUT2D eigenvalue weighted by Crippen LogP contribution is -2.52. The lowest BCUT2D eigenvalue weighted by Gasteiger charge is -2.32. The number of benzene rings is 1. The molecule has 0 saturated carbocycles. The number of hydrogen-bond donors (Lipinski definition) is 3. The number of aromatic nitrogens is 1. The van der Waals surface area contributed by atoms with Crippen molar-refractivity contribution in [2.24, 2.45) is 5.92 Å². The topological polar surface area (TPSA) is 192 Å². The molecular formula is C33H42N6O9S. The summed E-state index contributed by atoms with van der Waals surface area (Å²) in [4.78, 5) is 58.5. The number of pyridine rings is 1. The number of sulfonamides is 1. The van der Waals surface area contributed by atoms with Gasteiger partial charge in [0.05, 0.1) is 12.6 Å². The first-order valence-electron chi connectivity index (χ1n) is 16.3. The summed E-state index contributed by atoms with van der Waals surface area (Å²) in [6.07, 6.45) is 1.35. The van der Waals surface area contributed by atoms with E-state index in [1.54, 1.807) is 36.4 Å². The molecule has 264 valence electrons. The molecule has 0 radical (unpaired) electrons. The number of amides is 3. The third-order valence-electron chi connectivity index (χ3n) is 8.54. The molecule has 2 saturated heterocycles. The van der Waals surface area contributed by atoms with Gasteiger partial charge in [0.1, 0.15) is 24.0 Å². The number of hydrogen-bond acceptors (Lipinski definition) is 10. The molecule has 0 spiro atoms. The normalized spacial score (nSPS) is 18.6. The summed E-state index contributed by atoms with van der Waals surface area (Å²) in [6, 6.07) is 9.40. The summed E-state index contributed by atoms with van der Waals surface area (Å²) >= 11 is 0. The van der Waals surface area contributed by atoms with Gasteiger partial charge in [-0.2, -0.15) is 4.31 Å². The van der Waals surface area contributed by atoms with Gasteiger partial charge in [-0.15, -0.1) is 0 Å². The Labute approximate surface area is 284 Å². The zero-order valence-electron chi connectivity index (χ0n) is 27.5. The largest absolute Gasteiger partial charge is 0.492 e. The van der Waals surface area contributed by atoms with Crippen LogP contribution in [0.25, 0.3) is 11.0 Å². The van der Waals surface area contributed by atoms with E-state index in [1.165, 1.54) is 17.2 Å². The number of ether oxygens (including phenoxy) is 1. The van der Waals surface area contributed by atoms with Crippen LogP contribution in [0, 0.1) is 5.92 Å². The van der Waals surface area contributed by atoms with Crippen molar-refractivity contribution in [1.82, 2.24) is 29.7 Å².